The molecule has 0 bridgehead atoms. The summed E-state index contributed by atoms with van der Waals surface area (Å²) in [4.78, 5) is 10.5. The van der Waals surface area contributed by atoms with Crippen molar-refractivity contribution in [2.24, 2.45) is 5.73 Å². The molecule has 1 aliphatic carbocycles. The van der Waals surface area contributed by atoms with Crippen molar-refractivity contribution in [1.29, 1.82) is 0 Å². The van der Waals surface area contributed by atoms with Crippen LogP contribution in [0.3, 0.4) is 0 Å². The Labute approximate surface area is 71.7 Å². The van der Waals surface area contributed by atoms with Gasteiger partial charge in [0.25, 0.3) is 0 Å². The lowest BCUT2D eigenvalue weighted by Gasteiger charge is -2.40. The minimum absolute atomic E-state index is 0.0612. The second kappa shape index (κ2) is 3.41. The van der Waals surface area contributed by atoms with Crippen LogP contribution in [0, 0.1) is 0 Å². The van der Waals surface area contributed by atoms with Crippen LogP contribution in [0.25, 0.3) is 0 Å². The first-order valence-corrected chi connectivity index (χ1v) is 4.22. The SMILES string of the molecule is CCCOC1CC(N)(C(=O)O)C1. The predicted octanol–water partition coefficient (Wildman–Crippen LogP) is 0.357. The van der Waals surface area contributed by atoms with Crippen molar-refractivity contribution in [3.63, 3.8) is 0 Å². The van der Waals surface area contributed by atoms with Gasteiger partial charge in [0.1, 0.15) is 5.54 Å². The number of aliphatic carboxylic acids is 1. The van der Waals surface area contributed by atoms with E-state index in [1.54, 1.807) is 0 Å². The quantitative estimate of drug-likeness (QED) is 0.643. The Hall–Kier alpha value is -0.610. The molecule has 4 heteroatoms. The van der Waals surface area contributed by atoms with E-state index in [2.05, 4.69) is 0 Å². The van der Waals surface area contributed by atoms with E-state index < -0.39 is 11.5 Å². The van der Waals surface area contributed by atoms with E-state index >= 15 is 0 Å². The fourth-order valence-electron chi connectivity index (χ4n) is 1.33. The average Bonchev–Trinajstić information content (AvgIpc) is 1.95. The lowest BCUT2D eigenvalue weighted by molar-refractivity contribution is -0.154. The number of carbonyl (C=O) groups is 1. The first-order chi connectivity index (χ1) is 5.58. The molecule has 1 rings (SSSR count). The zero-order chi connectivity index (χ0) is 9.19. The number of nitrogens with two attached hydrogens (primary N) is 1. The summed E-state index contributed by atoms with van der Waals surface area (Å²) >= 11 is 0. The van der Waals surface area contributed by atoms with Gasteiger partial charge >= 0.3 is 5.97 Å². The molecule has 0 unspecified atom stereocenters. The standard InChI is InChI=1S/C8H15NO3/c1-2-3-12-6-4-8(9,5-6)7(10)11/h6H,2-5,9H2,1H3,(H,10,11). The van der Waals surface area contributed by atoms with Gasteiger partial charge < -0.3 is 15.6 Å². The first kappa shape index (κ1) is 9.48. The second-order valence-corrected chi connectivity index (χ2v) is 3.36. The molecule has 1 fully saturated rings. The van der Waals surface area contributed by atoms with Crippen molar-refractivity contribution in [1.82, 2.24) is 0 Å². The average molecular weight is 173 g/mol. The summed E-state index contributed by atoms with van der Waals surface area (Å²) < 4.78 is 5.33. The third-order valence-corrected chi connectivity index (χ3v) is 2.17. The largest absolute Gasteiger partial charge is 0.480 e. The molecule has 0 atom stereocenters. The highest BCUT2D eigenvalue weighted by Gasteiger charge is 2.47. The van der Waals surface area contributed by atoms with Crippen LogP contribution in [0.5, 0.6) is 0 Å². The van der Waals surface area contributed by atoms with Crippen LogP contribution in [-0.2, 0) is 9.53 Å². The summed E-state index contributed by atoms with van der Waals surface area (Å²) in [5.74, 6) is -0.918. The summed E-state index contributed by atoms with van der Waals surface area (Å²) in [6, 6.07) is 0. The van der Waals surface area contributed by atoms with Gasteiger partial charge in [-0.15, -0.1) is 0 Å². The molecule has 0 saturated heterocycles. The Kier molecular flexibility index (Phi) is 2.69. The third kappa shape index (κ3) is 1.76. The van der Waals surface area contributed by atoms with Crippen molar-refractivity contribution in [3.05, 3.63) is 0 Å². The van der Waals surface area contributed by atoms with E-state index in [1.807, 2.05) is 6.92 Å². The normalized spacial score (nSPS) is 34.3. The van der Waals surface area contributed by atoms with Gasteiger partial charge in [0, 0.05) is 19.4 Å². The first-order valence-electron chi connectivity index (χ1n) is 4.22. The van der Waals surface area contributed by atoms with E-state index in [1.165, 1.54) is 0 Å². The van der Waals surface area contributed by atoms with Crippen molar-refractivity contribution in [2.45, 2.75) is 37.8 Å². The molecule has 0 radical (unpaired) electrons. The fraction of sp³-hybridized carbons (Fsp3) is 0.875. The summed E-state index contributed by atoms with van der Waals surface area (Å²) in [6.45, 7) is 2.71. The van der Waals surface area contributed by atoms with Crippen LogP contribution in [0.15, 0.2) is 0 Å². The Balaban J connectivity index is 2.22. The van der Waals surface area contributed by atoms with Crippen LogP contribution in [0.2, 0.25) is 0 Å². The molecule has 0 spiro atoms. The number of rotatable bonds is 4. The Morgan fingerprint density at radius 2 is 2.33 bits per heavy atom. The third-order valence-electron chi connectivity index (χ3n) is 2.17. The van der Waals surface area contributed by atoms with Crippen molar-refractivity contribution in [3.8, 4) is 0 Å². The van der Waals surface area contributed by atoms with E-state index in [4.69, 9.17) is 15.6 Å². The Morgan fingerprint density at radius 3 is 2.75 bits per heavy atom. The monoisotopic (exact) mass is 173 g/mol. The summed E-state index contributed by atoms with van der Waals surface area (Å²) in [7, 11) is 0. The minimum atomic E-state index is -1.02. The number of hydrogen-bond acceptors (Lipinski definition) is 3. The maximum atomic E-state index is 10.5. The van der Waals surface area contributed by atoms with E-state index in [-0.39, 0.29) is 6.10 Å². The highest BCUT2D eigenvalue weighted by Crippen LogP contribution is 2.32. The van der Waals surface area contributed by atoms with Crippen LogP contribution in [0.1, 0.15) is 26.2 Å². The van der Waals surface area contributed by atoms with E-state index in [9.17, 15) is 4.79 Å². The van der Waals surface area contributed by atoms with Crippen LogP contribution in [-0.4, -0.2) is 29.3 Å². The Bertz CT molecular complexity index is 175. The van der Waals surface area contributed by atoms with Gasteiger partial charge in [0.15, 0.2) is 0 Å². The summed E-state index contributed by atoms with van der Waals surface area (Å²) in [5, 5.41) is 8.66. The molecule has 12 heavy (non-hydrogen) atoms. The molecule has 0 aliphatic heterocycles. The maximum absolute atomic E-state index is 10.5. The zero-order valence-electron chi connectivity index (χ0n) is 7.25. The molecule has 1 aliphatic rings. The topological polar surface area (TPSA) is 72.5 Å². The number of hydrogen-bond donors (Lipinski definition) is 2. The van der Waals surface area contributed by atoms with E-state index in [0.717, 1.165) is 6.42 Å². The molecule has 70 valence electrons. The smallest absolute Gasteiger partial charge is 0.323 e. The van der Waals surface area contributed by atoms with Crippen LogP contribution in [0.4, 0.5) is 0 Å². The van der Waals surface area contributed by atoms with Gasteiger partial charge in [-0.25, -0.2) is 0 Å². The van der Waals surface area contributed by atoms with E-state index in [0.29, 0.717) is 19.4 Å². The lowest BCUT2D eigenvalue weighted by atomic mass is 9.75. The van der Waals surface area contributed by atoms with Crippen molar-refractivity contribution in [2.75, 3.05) is 6.61 Å². The lowest BCUT2D eigenvalue weighted by Crippen LogP contribution is -2.60. The number of ether oxygens (including phenoxy) is 1. The molecule has 3 N–H and O–H groups in total. The fourth-order valence-corrected chi connectivity index (χ4v) is 1.33. The minimum Gasteiger partial charge on any atom is -0.480 e. The van der Waals surface area contributed by atoms with Crippen molar-refractivity contribution < 1.29 is 14.6 Å². The summed E-state index contributed by atoms with van der Waals surface area (Å²) in [6.07, 6.45) is 1.91. The molecule has 4 nitrogen and oxygen atoms in total. The van der Waals surface area contributed by atoms with Gasteiger partial charge in [-0.3, -0.25) is 4.79 Å². The Morgan fingerprint density at radius 1 is 1.75 bits per heavy atom. The van der Waals surface area contributed by atoms with Gasteiger partial charge in [-0.05, 0) is 6.42 Å². The van der Waals surface area contributed by atoms with Gasteiger partial charge in [-0.1, -0.05) is 6.92 Å². The highest BCUT2D eigenvalue weighted by molar-refractivity contribution is 5.80. The van der Waals surface area contributed by atoms with Crippen LogP contribution < -0.4 is 5.73 Å². The highest BCUT2D eigenvalue weighted by atomic mass is 16.5. The van der Waals surface area contributed by atoms with Crippen LogP contribution >= 0.6 is 0 Å². The van der Waals surface area contributed by atoms with Gasteiger partial charge in [0.05, 0.1) is 6.10 Å². The molecule has 0 heterocycles. The molecule has 0 aromatic rings. The second-order valence-electron chi connectivity index (χ2n) is 3.36. The number of carboxylic acid groups (broad SMARTS) is 1. The molecular weight excluding hydrogens is 158 g/mol. The molecule has 0 aromatic heterocycles. The maximum Gasteiger partial charge on any atom is 0.323 e. The molecule has 0 aromatic carbocycles. The molecular formula is C8H15NO3. The molecule has 1 saturated carbocycles. The number of carboxylic acids is 1. The molecule has 0 amide bonds. The summed E-state index contributed by atoms with van der Waals surface area (Å²) in [5.41, 5.74) is 4.51. The van der Waals surface area contributed by atoms with Gasteiger partial charge in [-0.2, -0.15) is 0 Å². The zero-order valence-corrected chi connectivity index (χ0v) is 7.25. The predicted molar refractivity (Wildman–Crippen MR) is 43.8 cm³/mol. The van der Waals surface area contributed by atoms with Crippen molar-refractivity contribution >= 4 is 5.97 Å². The van der Waals surface area contributed by atoms with Gasteiger partial charge in [0.2, 0.25) is 0 Å².